The van der Waals surface area contributed by atoms with Crippen LogP contribution in [0.3, 0.4) is 0 Å². The van der Waals surface area contributed by atoms with Gasteiger partial charge in [-0.05, 0) is 13.8 Å². The largest absolute Gasteiger partial charge is 0.377 e. The molecule has 1 aromatic heterocycles. The molecular formula is C13H24N4O4. The van der Waals surface area contributed by atoms with Crippen molar-refractivity contribution >= 4 is 5.91 Å². The maximum atomic E-state index is 10.9. The van der Waals surface area contributed by atoms with Crippen molar-refractivity contribution in [1.29, 1.82) is 0 Å². The van der Waals surface area contributed by atoms with E-state index in [-0.39, 0.29) is 18.6 Å². The van der Waals surface area contributed by atoms with Crippen LogP contribution < -0.4 is 5.32 Å². The zero-order valence-electron chi connectivity index (χ0n) is 12.9. The van der Waals surface area contributed by atoms with Crippen molar-refractivity contribution in [2.45, 2.75) is 33.1 Å². The van der Waals surface area contributed by atoms with Gasteiger partial charge in [0.2, 0.25) is 5.91 Å². The lowest BCUT2D eigenvalue weighted by atomic mass is 10.4. The van der Waals surface area contributed by atoms with Gasteiger partial charge < -0.3 is 19.5 Å². The van der Waals surface area contributed by atoms with Gasteiger partial charge >= 0.3 is 0 Å². The minimum absolute atomic E-state index is 0.0577. The van der Waals surface area contributed by atoms with Crippen LogP contribution >= 0.6 is 0 Å². The van der Waals surface area contributed by atoms with E-state index in [1.807, 2.05) is 20.0 Å². The van der Waals surface area contributed by atoms with Crippen LogP contribution in [0.4, 0.5) is 0 Å². The Morgan fingerprint density at radius 2 is 2.10 bits per heavy atom. The molecule has 8 heteroatoms. The number of amides is 1. The molecule has 8 nitrogen and oxygen atoms in total. The number of ether oxygens (including phenoxy) is 3. The highest BCUT2D eigenvalue weighted by Gasteiger charge is 2.02. The highest BCUT2D eigenvalue weighted by atomic mass is 16.5. The van der Waals surface area contributed by atoms with Crippen molar-refractivity contribution in [1.82, 2.24) is 20.3 Å². The van der Waals surface area contributed by atoms with Gasteiger partial charge in [0.15, 0.2) is 0 Å². The van der Waals surface area contributed by atoms with Crippen molar-refractivity contribution in [2.24, 2.45) is 0 Å². The molecule has 1 aromatic rings. The smallest absolute Gasteiger partial charge is 0.245 e. The Kier molecular flexibility index (Phi) is 8.56. The Bertz CT molecular complexity index is 409. The molecule has 0 bridgehead atoms. The molecule has 0 saturated heterocycles. The molecule has 1 amide bonds. The van der Waals surface area contributed by atoms with E-state index in [4.69, 9.17) is 14.2 Å². The Morgan fingerprint density at radius 3 is 2.81 bits per heavy atom. The standard InChI is InChI=1S/C13H24N4O4/c1-11(2)21-9-12-8-17(16-15-12)4-5-19-6-7-20-10-13(18)14-3/h8,11H,4-7,9-10H2,1-3H3,(H,14,18). The van der Waals surface area contributed by atoms with Gasteiger partial charge in [-0.15, -0.1) is 5.10 Å². The zero-order chi connectivity index (χ0) is 15.5. The fourth-order valence-corrected chi connectivity index (χ4v) is 1.38. The van der Waals surface area contributed by atoms with Gasteiger partial charge in [0.1, 0.15) is 12.3 Å². The number of rotatable bonds is 11. The van der Waals surface area contributed by atoms with Gasteiger partial charge in [0.05, 0.1) is 45.3 Å². The molecule has 0 saturated carbocycles. The van der Waals surface area contributed by atoms with Crippen molar-refractivity contribution in [3.63, 3.8) is 0 Å². The van der Waals surface area contributed by atoms with Crippen LogP contribution in [0.25, 0.3) is 0 Å². The molecule has 0 spiro atoms. The Hall–Kier alpha value is -1.51. The summed E-state index contributed by atoms with van der Waals surface area (Å²) >= 11 is 0. The van der Waals surface area contributed by atoms with E-state index >= 15 is 0 Å². The lowest BCUT2D eigenvalue weighted by Crippen LogP contribution is -2.24. The summed E-state index contributed by atoms with van der Waals surface area (Å²) in [6.45, 7) is 6.43. The third-order valence-electron chi connectivity index (χ3n) is 2.50. The fraction of sp³-hybridized carbons (Fsp3) is 0.769. The maximum absolute atomic E-state index is 10.9. The molecule has 0 fully saturated rings. The number of nitrogens with zero attached hydrogens (tertiary/aromatic N) is 3. The minimum atomic E-state index is -0.145. The Morgan fingerprint density at radius 1 is 1.33 bits per heavy atom. The van der Waals surface area contributed by atoms with Crippen molar-refractivity contribution in [2.75, 3.05) is 33.5 Å². The lowest BCUT2D eigenvalue weighted by Gasteiger charge is -2.05. The second-order valence-corrected chi connectivity index (χ2v) is 4.67. The van der Waals surface area contributed by atoms with Crippen LogP contribution in [0.5, 0.6) is 0 Å². The summed E-state index contributed by atoms with van der Waals surface area (Å²) in [5.74, 6) is -0.145. The number of hydrogen-bond acceptors (Lipinski definition) is 6. The third kappa shape index (κ3) is 8.38. The van der Waals surface area contributed by atoms with E-state index in [0.717, 1.165) is 5.69 Å². The maximum Gasteiger partial charge on any atom is 0.245 e. The molecule has 0 aliphatic rings. The first-order chi connectivity index (χ1) is 10.1. The molecule has 0 aliphatic heterocycles. The molecule has 1 rings (SSSR count). The highest BCUT2D eigenvalue weighted by molar-refractivity contribution is 5.76. The summed E-state index contributed by atoms with van der Waals surface area (Å²) in [5, 5.41) is 10.5. The van der Waals surface area contributed by atoms with Crippen LogP contribution in [-0.4, -0.2) is 60.5 Å². The zero-order valence-corrected chi connectivity index (χ0v) is 12.9. The summed E-state index contributed by atoms with van der Waals surface area (Å²) < 4.78 is 17.6. The second-order valence-electron chi connectivity index (χ2n) is 4.67. The molecule has 21 heavy (non-hydrogen) atoms. The quantitative estimate of drug-likeness (QED) is 0.578. The van der Waals surface area contributed by atoms with Crippen LogP contribution in [0.1, 0.15) is 19.5 Å². The lowest BCUT2D eigenvalue weighted by molar-refractivity contribution is -0.125. The van der Waals surface area contributed by atoms with Gasteiger partial charge in [-0.1, -0.05) is 5.21 Å². The van der Waals surface area contributed by atoms with Crippen LogP contribution in [0, 0.1) is 0 Å². The first kappa shape index (κ1) is 17.5. The predicted molar refractivity (Wildman–Crippen MR) is 75.7 cm³/mol. The van der Waals surface area contributed by atoms with Crippen LogP contribution in [-0.2, 0) is 32.2 Å². The van der Waals surface area contributed by atoms with E-state index in [2.05, 4.69) is 15.6 Å². The SMILES string of the molecule is CNC(=O)COCCOCCn1cc(COC(C)C)nn1. The summed E-state index contributed by atoms with van der Waals surface area (Å²) in [4.78, 5) is 10.9. The molecule has 0 unspecified atom stereocenters. The summed E-state index contributed by atoms with van der Waals surface area (Å²) in [7, 11) is 1.57. The summed E-state index contributed by atoms with van der Waals surface area (Å²) in [6, 6.07) is 0. The first-order valence-electron chi connectivity index (χ1n) is 6.98. The van der Waals surface area contributed by atoms with Gasteiger partial charge in [-0.25, -0.2) is 4.68 Å². The Labute approximate surface area is 124 Å². The van der Waals surface area contributed by atoms with Crippen molar-refractivity contribution in [3.8, 4) is 0 Å². The van der Waals surface area contributed by atoms with Gasteiger partial charge in [-0.2, -0.15) is 0 Å². The van der Waals surface area contributed by atoms with E-state index in [9.17, 15) is 4.79 Å². The molecule has 120 valence electrons. The van der Waals surface area contributed by atoms with Crippen LogP contribution in [0.2, 0.25) is 0 Å². The molecule has 1 N–H and O–H groups in total. The number of carbonyl (C=O) groups is 1. The normalized spacial score (nSPS) is 11.0. The first-order valence-corrected chi connectivity index (χ1v) is 6.98. The van der Waals surface area contributed by atoms with Gasteiger partial charge in [0.25, 0.3) is 0 Å². The topological polar surface area (TPSA) is 87.5 Å². The second kappa shape index (κ2) is 10.3. The van der Waals surface area contributed by atoms with Crippen LogP contribution in [0.15, 0.2) is 6.20 Å². The average Bonchev–Trinajstić information content (AvgIpc) is 2.91. The minimum Gasteiger partial charge on any atom is -0.377 e. The summed E-state index contributed by atoms with van der Waals surface area (Å²) in [5.41, 5.74) is 0.803. The molecule has 0 atom stereocenters. The molecule has 0 aromatic carbocycles. The van der Waals surface area contributed by atoms with Crippen molar-refractivity contribution < 1.29 is 19.0 Å². The highest BCUT2D eigenvalue weighted by Crippen LogP contribution is 1.99. The third-order valence-corrected chi connectivity index (χ3v) is 2.50. The monoisotopic (exact) mass is 300 g/mol. The number of hydrogen-bond donors (Lipinski definition) is 1. The van der Waals surface area contributed by atoms with E-state index in [1.165, 1.54) is 0 Å². The molecular weight excluding hydrogens is 276 g/mol. The Balaban J connectivity index is 2.04. The number of nitrogens with one attached hydrogen (secondary N) is 1. The van der Waals surface area contributed by atoms with E-state index in [0.29, 0.717) is 33.0 Å². The number of aromatic nitrogens is 3. The fourth-order valence-electron chi connectivity index (χ4n) is 1.38. The molecule has 1 heterocycles. The van der Waals surface area contributed by atoms with E-state index < -0.39 is 0 Å². The van der Waals surface area contributed by atoms with E-state index in [1.54, 1.807) is 11.7 Å². The number of carbonyl (C=O) groups excluding carboxylic acids is 1. The predicted octanol–water partition coefficient (Wildman–Crippen LogP) is -0.0177. The van der Waals surface area contributed by atoms with Gasteiger partial charge in [0, 0.05) is 7.05 Å². The molecule has 0 radical (unpaired) electrons. The summed E-state index contributed by atoms with van der Waals surface area (Å²) in [6.07, 6.45) is 2.02. The number of likely N-dealkylation sites (N-methyl/N-ethyl adjacent to an activating group) is 1. The van der Waals surface area contributed by atoms with Gasteiger partial charge in [-0.3, -0.25) is 4.79 Å². The van der Waals surface area contributed by atoms with Crippen molar-refractivity contribution in [3.05, 3.63) is 11.9 Å². The average molecular weight is 300 g/mol. The molecule has 0 aliphatic carbocycles.